The summed E-state index contributed by atoms with van der Waals surface area (Å²) in [5.74, 6) is -0.489. The lowest BCUT2D eigenvalue weighted by molar-refractivity contribution is -0.139. The van der Waals surface area contributed by atoms with Gasteiger partial charge in [0.1, 0.15) is 6.61 Å². The van der Waals surface area contributed by atoms with Gasteiger partial charge in [-0.2, -0.15) is 0 Å². The second kappa shape index (κ2) is 8.27. The Morgan fingerprint density at radius 2 is 1.95 bits per heavy atom. The average Bonchev–Trinajstić information content (AvgIpc) is 2.49. The molecule has 0 bridgehead atoms. The summed E-state index contributed by atoms with van der Waals surface area (Å²) in [6.07, 6.45) is 7.59. The first kappa shape index (κ1) is 16.9. The Morgan fingerprint density at radius 1 is 1.23 bits per heavy atom. The summed E-state index contributed by atoms with van der Waals surface area (Å²) in [6.45, 7) is 0.269. The number of amides is 2. The molecule has 2 fully saturated rings. The number of ether oxygens (including phenoxy) is 1. The van der Waals surface area contributed by atoms with E-state index in [1.807, 2.05) is 0 Å². The number of rotatable bonds is 6. The summed E-state index contributed by atoms with van der Waals surface area (Å²) < 4.78 is 5.15. The Kier molecular flexibility index (Phi) is 6.36. The molecule has 0 aromatic rings. The number of ketones is 1. The van der Waals surface area contributed by atoms with Crippen molar-refractivity contribution >= 4 is 17.6 Å². The van der Waals surface area contributed by atoms with Gasteiger partial charge in [0.25, 0.3) is 0 Å². The summed E-state index contributed by atoms with van der Waals surface area (Å²) in [4.78, 5) is 35.1. The maximum Gasteiger partial charge on any atom is 0.220 e. The molecule has 3 N–H and O–H groups in total. The first-order chi connectivity index (χ1) is 10.6. The van der Waals surface area contributed by atoms with Gasteiger partial charge in [-0.15, -0.1) is 0 Å². The Labute approximate surface area is 131 Å². The molecular weight excluding hydrogens is 284 g/mol. The van der Waals surface area contributed by atoms with Crippen LogP contribution in [0.1, 0.15) is 51.4 Å². The quantitative estimate of drug-likeness (QED) is 0.762. The predicted octanol–water partition coefficient (Wildman–Crippen LogP) is 0.923. The van der Waals surface area contributed by atoms with Crippen molar-refractivity contribution in [2.24, 2.45) is 17.6 Å². The van der Waals surface area contributed by atoms with Crippen molar-refractivity contribution in [3.8, 4) is 0 Å². The van der Waals surface area contributed by atoms with Crippen LogP contribution < -0.4 is 11.1 Å². The third-order valence-corrected chi connectivity index (χ3v) is 4.68. The van der Waals surface area contributed by atoms with Crippen LogP contribution in [0.15, 0.2) is 0 Å². The molecule has 6 nitrogen and oxygen atoms in total. The fourth-order valence-corrected chi connectivity index (χ4v) is 3.45. The van der Waals surface area contributed by atoms with Crippen molar-refractivity contribution in [3.63, 3.8) is 0 Å². The van der Waals surface area contributed by atoms with E-state index >= 15 is 0 Å². The minimum absolute atomic E-state index is 0.0111. The highest BCUT2D eigenvalue weighted by atomic mass is 16.5. The fraction of sp³-hybridized carbons (Fsp3) is 0.812. The van der Waals surface area contributed by atoms with Crippen molar-refractivity contribution in [2.45, 2.75) is 57.4 Å². The molecule has 0 aromatic carbocycles. The summed E-state index contributed by atoms with van der Waals surface area (Å²) in [7, 11) is 0. The zero-order chi connectivity index (χ0) is 15.9. The number of carbonyl (C=O) groups excluding carboxylic acids is 3. The molecule has 124 valence electrons. The van der Waals surface area contributed by atoms with Gasteiger partial charge < -0.3 is 15.8 Å². The van der Waals surface area contributed by atoms with Gasteiger partial charge in [0.15, 0.2) is 5.78 Å². The van der Waals surface area contributed by atoms with Crippen molar-refractivity contribution in [3.05, 3.63) is 0 Å². The zero-order valence-corrected chi connectivity index (χ0v) is 13.0. The van der Waals surface area contributed by atoms with Crippen molar-refractivity contribution in [2.75, 3.05) is 13.2 Å². The summed E-state index contributed by atoms with van der Waals surface area (Å²) in [6, 6.07) is -0.639. The lowest BCUT2D eigenvalue weighted by Gasteiger charge is -2.30. The van der Waals surface area contributed by atoms with Crippen molar-refractivity contribution < 1.29 is 19.1 Å². The van der Waals surface area contributed by atoms with Gasteiger partial charge in [0.05, 0.1) is 12.6 Å². The minimum atomic E-state index is -0.639. The summed E-state index contributed by atoms with van der Waals surface area (Å²) >= 11 is 0. The second-order valence-corrected chi connectivity index (χ2v) is 6.50. The number of hydrogen-bond acceptors (Lipinski definition) is 4. The largest absolute Gasteiger partial charge is 0.373 e. The number of nitrogens with two attached hydrogens (primary N) is 1. The topological polar surface area (TPSA) is 98.5 Å². The second-order valence-electron chi connectivity index (χ2n) is 6.50. The van der Waals surface area contributed by atoms with E-state index in [1.54, 1.807) is 0 Å². The highest BCUT2D eigenvalue weighted by Crippen LogP contribution is 2.27. The maximum atomic E-state index is 12.1. The molecule has 0 radical (unpaired) electrons. The molecule has 1 saturated carbocycles. The minimum Gasteiger partial charge on any atom is -0.373 e. The van der Waals surface area contributed by atoms with Crippen LogP contribution >= 0.6 is 0 Å². The molecule has 1 aliphatic carbocycles. The predicted molar refractivity (Wildman–Crippen MR) is 80.9 cm³/mol. The van der Waals surface area contributed by atoms with Gasteiger partial charge in [-0.05, 0) is 12.3 Å². The molecule has 1 aliphatic heterocycles. The molecule has 0 spiro atoms. The van der Waals surface area contributed by atoms with Crippen LogP contribution in [-0.2, 0) is 19.1 Å². The molecule has 2 rings (SSSR count). The lowest BCUT2D eigenvalue weighted by Crippen LogP contribution is -2.52. The molecule has 2 amide bonds. The van der Waals surface area contributed by atoms with Crippen LogP contribution in [0.2, 0.25) is 0 Å². The number of nitrogens with one attached hydrogen (secondary N) is 1. The molecule has 2 atom stereocenters. The van der Waals surface area contributed by atoms with E-state index in [1.165, 1.54) is 32.1 Å². The van der Waals surface area contributed by atoms with Crippen LogP contribution in [0.4, 0.5) is 0 Å². The third-order valence-electron chi connectivity index (χ3n) is 4.68. The average molecular weight is 310 g/mol. The molecule has 22 heavy (non-hydrogen) atoms. The third kappa shape index (κ3) is 5.09. The molecule has 1 saturated heterocycles. The van der Waals surface area contributed by atoms with Crippen LogP contribution in [0, 0.1) is 11.8 Å². The van der Waals surface area contributed by atoms with Crippen LogP contribution in [-0.4, -0.2) is 36.9 Å². The van der Waals surface area contributed by atoms with E-state index in [2.05, 4.69) is 5.32 Å². The van der Waals surface area contributed by atoms with Crippen LogP contribution in [0.25, 0.3) is 0 Å². The molecule has 1 heterocycles. The Balaban J connectivity index is 1.81. The van der Waals surface area contributed by atoms with E-state index in [0.717, 1.165) is 6.42 Å². The van der Waals surface area contributed by atoms with Gasteiger partial charge in [0.2, 0.25) is 11.8 Å². The number of Topliss-reactive ketones (excluding diaryl/α,β-unsaturated/α-hetero) is 1. The summed E-state index contributed by atoms with van der Waals surface area (Å²) in [5, 5.41) is 2.79. The van der Waals surface area contributed by atoms with Gasteiger partial charge in [-0.1, -0.05) is 32.1 Å². The van der Waals surface area contributed by atoms with Gasteiger partial charge >= 0.3 is 0 Å². The first-order valence-electron chi connectivity index (χ1n) is 8.24. The molecule has 6 heteroatoms. The fourth-order valence-electron chi connectivity index (χ4n) is 3.45. The van der Waals surface area contributed by atoms with E-state index in [-0.39, 0.29) is 37.2 Å². The molecule has 2 unspecified atom stereocenters. The molecular formula is C16H26N2O4. The Hall–Kier alpha value is -1.43. The van der Waals surface area contributed by atoms with Gasteiger partial charge in [-0.3, -0.25) is 14.4 Å². The first-order valence-corrected chi connectivity index (χ1v) is 8.24. The maximum absolute atomic E-state index is 12.1. The smallest absolute Gasteiger partial charge is 0.220 e. The Bertz CT molecular complexity index is 418. The normalized spacial score (nSPS) is 26.6. The number of primary amides is 1. The highest BCUT2D eigenvalue weighted by molar-refractivity contribution is 5.91. The van der Waals surface area contributed by atoms with Crippen molar-refractivity contribution in [1.29, 1.82) is 0 Å². The number of carbonyl (C=O) groups is 3. The molecule has 0 aromatic heterocycles. The summed E-state index contributed by atoms with van der Waals surface area (Å²) in [5.41, 5.74) is 5.20. The van der Waals surface area contributed by atoms with Crippen molar-refractivity contribution in [1.82, 2.24) is 5.32 Å². The standard InChI is InChI=1S/C16H26N2O4/c17-14(20)8-12-9-22-10-13(19)16(12)18-15(21)7-6-11-4-2-1-3-5-11/h11-12,16H,1-10H2,(H2,17,20)(H,18,21). The highest BCUT2D eigenvalue weighted by Gasteiger charge is 2.34. The van der Waals surface area contributed by atoms with Crippen LogP contribution in [0.5, 0.6) is 0 Å². The Morgan fingerprint density at radius 3 is 2.64 bits per heavy atom. The monoisotopic (exact) mass is 310 g/mol. The van der Waals surface area contributed by atoms with E-state index < -0.39 is 11.9 Å². The van der Waals surface area contributed by atoms with Crippen LogP contribution in [0.3, 0.4) is 0 Å². The zero-order valence-electron chi connectivity index (χ0n) is 13.0. The number of hydrogen-bond donors (Lipinski definition) is 2. The van der Waals surface area contributed by atoms with Gasteiger partial charge in [0, 0.05) is 18.8 Å². The lowest BCUT2D eigenvalue weighted by atomic mass is 9.86. The van der Waals surface area contributed by atoms with Gasteiger partial charge in [-0.25, -0.2) is 0 Å². The van der Waals surface area contributed by atoms with E-state index in [0.29, 0.717) is 12.3 Å². The SMILES string of the molecule is NC(=O)CC1COCC(=O)C1NC(=O)CCC1CCCCC1. The van der Waals surface area contributed by atoms with E-state index in [9.17, 15) is 14.4 Å². The molecule has 2 aliphatic rings. The van der Waals surface area contributed by atoms with E-state index in [4.69, 9.17) is 10.5 Å².